The van der Waals surface area contributed by atoms with Crippen LogP contribution in [0.3, 0.4) is 0 Å². The Morgan fingerprint density at radius 3 is 2.58 bits per heavy atom. The minimum absolute atomic E-state index is 0.111. The van der Waals surface area contributed by atoms with Gasteiger partial charge in [-0.05, 0) is 31.6 Å². The van der Waals surface area contributed by atoms with Gasteiger partial charge in [-0.3, -0.25) is 14.9 Å². The minimum atomic E-state index is -0.447. The number of carbonyl (C=O) groups excluding carboxylic acids is 1. The van der Waals surface area contributed by atoms with Crippen LogP contribution in [-0.2, 0) is 0 Å². The van der Waals surface area contributed by atoms with Crippen molar-refractivity contribution in [3.63, 3.8) is 0 Å². The number of furan rings is 1. The monoisotopic (exact) mass is 431 g/mol. The van der Waals surface area contributed by atoms with E-state index in [0.29, 0.717) is 32.7 Å². The fraction of sp³-hybridized carbons (Fsp3) is 0.550. The van der Waals surface area contributed by atoms with Crippen LogP contribution >= 0.6 is 0 Å². The molecule has 0 radical (unpaired) electrons. The van der Waals surface area contributed by atoms with Crippen molar-refractivity contribution in [2.75, 3.05) is 63.6 Å². The van der Waals surface area contributed by atoms with Crippen LogP contribution in [0.5, 0.6) is 0 Å². The van der Waals surface area contributed by atoms with E-state index in [2.05, 4.69) is 34.0 Å². The molecule has 168 valence electrons. The third kappa shape index (κ3) is 5.48. The van der Waals surface area contributed by atoms with Gasteiger partial charge in [0, 0.05) is 39.3 Å². The summed E-state index contributed by atoms with van der Waals surface area (Å²) in [5.74, 6) is 0.564. The van der Waals surface area contributed by atoms with Crippen LogP contribution in [0.25, 0.3) is 0 Å². The maximum atomic E-state index is 12.5. The summed E-state index contributed by atoms with van der Waals surface area (Å²) in [5.41, 5.74) is -0.255. The molecule has 0 atom stereocenters. The molecule has 0 spiro atoms. The summed E-state index contributed by atoms with van der Waals surface area (Å²) < 4.78 is 5.18. The first kappa shape index (κ1) is 22.5. The number of piperazine rings is 1. The average molecular weight is 431 g/mol. The lowest BCUT2D eigenvalue weighted by Gasteiger charge is -2.34. The summed E-state index contributed by atoms with van der Waals surface area (Å²) in [5, 5.41) is 15.0. The SMILES string of the molecule is CN(C)CC(C)(C)CNc1ncnc(N2CCN(C(=O)c3ccco3)CC2)c1[N+](=O)[O-]. The molecule has 2 aromatic heterocycles. The summed E-state index contributed by atoms with van der Waals surface area (Å²) in [6.45, 7) is 7.20. The van der Waals surface area contributed by atoms with Crippen LogP contribution in [0.4, 0.5) is 17.3 Å². The van der Waals surface area contributed by atoms with E-state index < -0.39 is 4.92 Å². The van der Waals surface area contributed by atoms with Crippen molar-refractivity contribution in [2.24, 2.45) is 5.41 Å². The Bertz CT molecular complexity index is 906. The Morgan fingerprint density at radius 2 is 2.00 bits per heavy atom. The van der Waals surface area contributed by atoms with Crippen LogP contribution < -0.4 is 10.2 Å². The second-order valence-electron chi connectivity index (χ2n) is 8.66. The summed E-state index contributed by atoms with van der Waals surface area (Å²) >= 11 is 0. The van der Waals surface area contributed by atoms with Gasteiger partial charge in [-0.2, -0.15) is 0 Å². The first-order chi connectivity index (χ1) is 14.7. The van der Waals surface area contributed by atoms with Gasteiger partial charge < -0.3 is 24.4 Å². The summed E-state index contributed by atoms with van der Waals surface area (Å²) in [4.78, 5) is 37.8. The Hall–Kier alpha value is -3.21. The second kappa shape index (κ2) is 9.29. The third-order valence-corrected chi connectivity index (χ3v) is 5.06. The number of nitrogens with one attached hydrogen (secondary N) is 1. The number of hydrogen-bond acceptors (Lipinski definition) is 9. The lowest BCUT2D eigenvalue weighted by Crippen LogP contribution is -2.49. The van der Waals surface area contributed by atoms with Crippen LogP contribution in [0.1, 0.15) is 24.4 Å². The van der Waals surface area contributed by atoms with Crippen LogP contribution in [0, 0.1) is 15.5 Å². The van der Waals surface area contributed by atoms with Gasteiger partial charge in [-0.25, -0.2) is 9.97 Å². The molecule has 1 amide bonds. The number of nitrogens with zero attached hydrogens (tertiary/aromatic N) is 6. The Labute approximate surface area is 181 Å². The molecule has 0 bridgehead atoms. The minimum Gasteiger partial charge on any atom is -0.459 e. The normalized spacial score (nSPS) is 14.7. The van der Waals surface area contributed by atoms with Gasteiger partial charge in [0.25, 0.3) is 5.91 Å². The molecular weight excluding hydrogens is 402 g/mol. The van der Waals surface area contributed by atoms with Gasteiger partial charge in [0.05, 0.1) is 11.2 Å². The predicted molar refractivity (Wildman–Crippen MR) is 116 cm³/mol. The van der Waals surface area contributed by atoms with E-state index in [-0.39, 0.29) is 34.4 Å². The fourth-order valence-corrected chi connectivity index (χ4v) is 3.81. The molecule has 0 unspecified atom stereocenters. The highest BCUT2D eigenvalue weighted by atomic mass is 16.6. The molecule has 31 heavy (non-hydrogen) atoms. The summed E-state index contributed by atoms with van der Waals surface area (Å²) in [7, 11) is 3.98. The zero-order valence-corrected chi connectivity index (χ0v) is 18.4. The molecule has 1 aliphatic heterocycles. The lowest BCUT2D eigenvalue weighted by molar-refractivity contribution is -0.383. The zero-order chi connectivity index (χ0) is 22.6. The molecule has 3 rings (SSSR count). The first-order valence-electron chi connectivity index (χ1n) is 10.1. The van der Waals surface area contributed by atoms with E-state index in [1.807, 2.05) is 19.0 Å². The summed E-state index contributed by atoms with van der Waals surface area (Å²) in [6.07, 6.45) is 2.80. The number of hydrogen-bond donors (Lipinski definition) is 1. The third-order valence-electron chi connectivity index (χ3n) is 5.06. The Morgan fingerprint density at radius 1 is 1.29 bits per heavy atom. The van der Waals surface area contributed by atoms with Crippen molar-refractivity contribution in [3.8, 4) is 0 Å². The standard InChI is InChI=1S/C20H29N7O4/c1-20(2,13-24(3)4)12-21-17-16(27(29)30)18(23-14-22-17)25-7-9-26(10-8-25)19(28)15-6-5-11-31-15/h5-6,11,14H,7-10,12-13H2,1-4H3,(H,21,22,23). The number of anilines is 2. The van der Waals surface area contributed by atoms with Gasteiger partial charge in [0.15, 0.2) is 5.76 Å². The largest absolute Gasteiger partial charge is 0.459 e. The van der Waals surface area contributed by atoms with Gasteiger partial charge in [0.2, 0.25) is 11.6 Å². The van der Waals surface area contributed by atoms with Crippen molar-refractivity contribution in [3.05, 3.63) is 40.6 Å². The molecule has 1 N–H and O–H groups in total. The summed E-state index contributed by atoms with van der Waals surface area (Å²) in [6, 6.07) is 3.29. The number of aromatic nitrogens is 2. The van der Waals surface area contributed by atoms with E-state index in [1.54, 1.807) is 17.0 Å². The molecule has 0 saturated carbocycles. The van der Waals surface area contributed by atoms with Crippen molar-refractivity contribution in [1.82, 2.24) is 19.8 Å². The Balaban J connectivity index is 1.72. The molecule has 0 aliphatic carbocycles. The maximum Gasteiger partial charge on any atom is 0.353 e. The van der Waals surface area contributed by atoms with E-state index in [9.17, 15) is 14.9 Å². The van der Waals surface area contributed by atoms with Gasteiger partial charge in [0.1, 0.15) is 6.33 Å². The van der Waals surface area contributed by atoms with Gasteiger partial charge >= 0.3 is 5.69 Å². The van der Waals surface area contributed by atoms with Crippen LogP contribution in [-0.4, -0.2) is 84.0 Å². The van der Waals surface area contributed by atoms with Crippen LogP contribution in [0.2, 0.25) is 0 Å². The van der Waals surface area contributed by atoms with Crippen LogP contribution in [0.15, 0.2) is 29.1 Å². The van der Waals surface area contributed by atoms with Gasteiger partial charge in [-0.1, -0.05) is 13.8 Å². The number of nitro groups is 1. The quantitative estimate of drug-likeness (QED) is 0.493. The highest BCUT2D eigenvalue weighted by Crippen LogP contribution is 2.33. The van der Waals surface area contributed by atoms with E-state index in [0.717, 1.165) is 6.54 Å². The molecule has 3 heterocycles. The number of rotatable bonds is 8. The molecule has 0 aromatic carbocycles. The van der Waals surface area contributed by atoms with Gasteiger partial charge in [-0.15, -0.1) is 0 Å². The maximum absolute atomic E-state index is 12.5. The number of amides is 1. The fourth-order valence-electron chi connectivity index (χ4n) is 3.81. The predicted octanol–water partition coefficient (Wildman–Crippen LogP) is 1.94. The molecule has 1 fully saturated rings. The molecule has 2 aromatic rings. The molecule has 1 saturated heterocycles. The van der Waals surface area contributed by atoms with E-state index in [1.165, 1.54) is 12.6 Å². The van der Waals surface area contributed by atoms with Crippen molar-refractivity contribution >= 4 is 23.2 Å². The highest BCUT2D eigenvalue weighted by Gasteiger charge is 2.31. The molecular formula is C20H29N7O4. The lowest BCUT2D eigenvalue weighted by atomic mass is 9.93. The molecule has 11 nitrogen and oxygen atoms in total. The van der Waals surface area contributed by atoms with Crippen molar-refractivity contribution in [1.29, 1.82) is 0 Å². The molecule has 1 aliphatic rings. The zero-order valence-electron chi connectivity index (χ0n) is 18.4. The van der Waals surface area contributed by atoms with Crippen molar-refractivity contribution < 1.29 is 14.1 Å². The van der Waals surface area contributed by atoms with Crippen molar-refractivity contribution in [2.45, 2.75) is 13.8 Å². The van der Waals surface area contributed by atoms with E-state index >= 15 is 0 Å². The average Bonchev–Trinajstić information content (AvgIpc) is 3.25. The topological polar surface area (TPSA) is 121 Å². The highest BCUT2D eigenvalue weighted by molar-refractivity contribution is 5.91. The van der Waals surface area contributed by atoms with E-state index in [4.69, 9.17) is 4.42 Å². The Kier molecular flexibility index (Phi) is 6.74. The first-order valence-corrected chi connectivity index (χ1v) is 10.1. The number of carbonyl (C=O) groups is 1. The second-order valence-corrected chi connectivity index (χ2v) is 8.66. The smallest absolute Gasteiger partial charge is 0.353 e. The molecule has 11 heteroatoms.